The van der Waals surface area contributed by atoms with Gasteiger partial charge in [0.2, 0.25) is 5.91 Å². The number of halogens is 1. The Morgan fingerprint density at radius 3 is 2.75 bits per heavy atom. The standard InChI is InChI=1S/C19H23ClN2O5S/c20-14-3-1-13(2-4-14)18(24)22-12-28-11-16(22)17(23)21-9-15-10-26-19(27-15)5-7-25-8-6-19/h1-4,15-16H,5-12H2,(H,21,23)/t15-,16+/m0/s1. The highest BCUT2D eigenvalue weighted by Gasteiger charge is 2.43. The highest BCUT2D eigenvalue weighted by atomic mass is 35.5. The predicted octanol–water partition coefficient (Wildman–Crippen LogP) is 1.89. The minimum absolute atomic E-state index is 0.163. The van der Waals surface area contributed by atoms with E-state index in [0.717, 1.165) is 0 Å². The Labute approximate surface area is 173 Å². The number of nitrogens with one attached hydrogen (secondary N) is 1. The van der Waals surface area contributed by atoms with Gasteiger partial charge >= 0.3 is 0 Å². The molecule has 2 amide bonds. The van der Waals surface area contributed by atoms with E-state index < -0.39 is 11.8 Å². The highest BCUT2D eigenvalue weighted by Crippen LogP contribution is 2.33. The Kier molecular flexibility index (Phi) is 6.13. The van der Waals surface area contributed by atoms with Gasteiger partial charge in [-0.15, -0.1) is 11.8 Å². The average molecular weight is 427 g/mol. The molecular formula is C19H23ClN2O5S. The van der Waals surface area contributed by atoms with Crippen molar-refractivity contribution in [2.45, 2.75) is 30.8 Å². The van der Waals surface area contributed by atoms with Gasteiger partial charge in [0, 0.05) is 35.7 Å². The Bertz CT molecular complexity index is 726. The molecule has 3 aliphatic heterocycles. The van der Waals surface area contributed by atoms with Gasteiger partial charge in [-0.1, -0.05) is 11.6 Å². The molecule has 0 aliphatic carbocycles. The summed E-state index contributed by atoms with van der Waals surface area (Å²) in [5.41, 5.74) is 0.527. The maximum absolute atomic E-state index is 12.8. The third-order valence-electron chi connectivity index (χ3n) is 5.21. The van der Waals surface area contributed by atoms with Crippen LogP contribution in [0.5, 0.6) is 0 Å². The van der Waals surface area contributed by atoms with Gasteiger partial charge in [0.25, 0.3) is 5.91 Å². The van der Waals surface area contributed by atoms with E-state index in [1.807, 2.05) is 0 Å². The molecule has 0 radical (unpaired) electrons. The van der Waals surface area contributed by atoms with Crippen LogP contribution in [0.2, 0.25) is 5.02 Å². The smallest absolute Gasteiger partial charge is 0.255 e. The minimum atomic E-state index is -0.562. The van der Waals surface area contributed by atoms with Crippen LogP contribution < -0.4 is 5.32 Å². The number of benzene rings is 1. The fourth-order valence-corrected chi connectivity index (χ4v) is 4.89. The lowest BCUT2D eigenvalue weighted by molar-refractivity contribution is -0.210. The van der Waals surface area contributed by atoms with Gasteiger partial charge in [-0.2, -0.15) is 0 Å². The lowest BCUT2D eigenvalue weighted by atomic mass is 10.1. The number of carbonyl (C=O) groups excluding carboxylic acids is 2. The summed E-state index contributed by atoms with van der Waals surface area (Å²) in [5, 5.41) is 3.50. The van der Waals surface area contributed by atoms with Gasteiger partial charge in [-0.3, -0.25) is 9.59 Å². The summed E-state index contributed by atoms with van der Waals surface area (Å²) in [6.07, 6.45) is 1.23. The van der Waals surface area contributed by atoms with E-state index in [4.69, 9.17) is 25.8 Å². The fraction of sp³-hybridized carbons (Fsp3) is 0.579. The first kappa shape index (κ1) is 20.0. The van der Waals surface area contributed by atoms with Crippen molar-refractivity contribution in [1.29, 1.82) is 0 Å². The van der Waals surface area contributed by atoms with Crippen LogP contribution in [0, 0.1) is 0 Å². The second-order valence-electron chi connectivity index (χ2n) is 7.12. The zero-order valence-electron chi connectivity index (χ0n) is 15.4. The molecule has 1 N–H and O–H groups in total. The van der Waals surface area contributed by atoms with Crippen LogP contribution in [0.3, 0.4) is 0 Å². The molecule has 4 rings (SSSR count). The molecule has 0 unspecified atom stereocenters. The largest absolute Gasteiger partial charge is 0.381 e. The summed E-state index contributed by atoms with van der Waals surface area (Å²) >= 11 is 7.46. The molecule has 1 spiro atoms. The second kappa shape index (κ2) is 8.59. The van der Waals surface area contributed by atoms with E-state index in [1.165, 1.54) is 0 Å². The molecule has 3 aliphatic rings. The van der Waals surface area contributed by atoms with Crippen LogP contribution in [-0.2, 0) is 19.0 Å². The molecule has 3 fully saturated rings. The molecule has 1 aromatic rings. The van der Waals surface area contributed by atoms with E-state index in [2.05, 4.69) is 5.32 Å². The van der Waals surface area contributed by atoms with Crippen LogP contribution in [0.15, 0.2) is 24.3 Å². The molecule has 0 aromatic heterocycles. The molecule has 1 aromatic carbocycles. The number of hydrogen-bond acceptors (Lipinski definition) is 6. The topological polar surface area (TPSA) is 77.1 Å². The number of nitrogens with zero attached hydrogens (tertiary/aromatic N) is 1. The van der Waals surface area contributed by atoms with Crippen molar-refractivity contribution in [3.63, 3.8) is 0 Å². The monoisotopic (exact) mass is 426 g/mol. The van der Waals surface area contributed by atoms with Crippen molar-refractivity contribution < 1.29 is 23.8 Å². The highest BCUT2D eigenvalue weighted by molar-refractivity contribution is 7.99. The maximum atomic E-state index is 12.8. The van der Waals surface area contributed by atoms with Crippen molar-refractivity contribution in [1.82, 2.24) is 10.2 Å². The summed E-state index contributed by atoms with van der Waals surface area (Å²) in [6.45, 7) is 2.07. The molecule has 7 nitrogen and oxygen atoms in total. The lowest BCUT2D eigenvalue weighted by Crippen LogP contribution is -2.49. The van der Waals surface area contributed by atoms with Crippen molar-refractivity contribution >= 4 is 35.2 Å². The van der Waals surface area contributed by atoms with Gasteiger partial charge in [-0.05, 0) is 24.3 Å². The summed E-state index contributed by atoms with van der Waals surface area (Å²) in [7, 11) is 0. The quantitative estimate of drug-likeness (QED) is 0.792. The minimum Gasteiger partial charge on any atom is -0.381 e. The Balaban J connectivity index is 1.31. The van der Waals surface area contributed by atoms with Crippen LogP contribution in [0.1, 0.15) is 23.2 Å². The van der Waals surface area contributed by atoms with Gasteiger partial charge < -0.3 is 24.4 Å². The number of hydrogen-bond donors (Lipinski definition) is 1. The van der Waals surface area contributed by atoms with E-state index in [-0.39, 0.29) is 17.9 Å². The van der Waals surface area contributed by atoms with Gasteiger partial charge in [0.05, 0.1) is 25.7 Å². The van der Waals surface area contributed by atoms with E-state index in [0.29, 0.717) is 61.4 Å². The summed E-state index contributed by atoms with van der Waals surface area (Å²) in [6, 6.07) is 6.22. The van der Waals surface area contributed by atoms with Crippen LogP contribution in [0.4, 0.5) is 0 Å². The van der Waals surface area contributed by atoms with Crippen molar-refractivity contribution in [3.05, 3.63) is 34.9 Å². The zero-order valence-corrected chi connectivity index (χ0v) is 17.0. The Hall–Kier alpha value is -1.32. The number of rotatable bonds is 4. The van der Waals surface area contributed by atoms with Crippen molar-refractivity contribution in [2.75, 3.05) is 38.0 Å². The molecule has 152 valence electrons. The van der Waals surface area contributed by atoms with Crippen LogP contribution in [0.25, 0.3) is 0 Å². The second-order valence-corrected chi connectivity index (χ2v) is 8.55. The van der Waals surface area contributed by atoms with Gasteiger partial charge in [-0.25, -0.2) is 0 Å². The number of thioether (sulfide) groups is 1. The molecule has 2 atom stereocenters. The Morgan fingerprint density at radius 2 is 2.00 bits per heavy atom. The molecule has 0 saturated carbocycles. The van der Waals surface area contributed by atoms with E-state index in [9.17, 15) is 9.59 Å². The summed E-state index contributed by atoms with van der Waals surface area (Å²) in [5.74, 6) is 0.181. The van der Waals surface area contributed by atoms with Gasteiger partial charge in [0.1, 0.15) is 12.1 Å². The first-order valence-electron chi connectivity index (χ1n) is 9.38. The Morgan fingerprint density at radius 1 is 1.25 bits per heavy atom. The summed E-state index contributed by atoms with van der Waals surface area (Å²) in [4.78, 5) is 27.1. The third kappa shape index (κ3) is 4.31. The lowest BCUT2D eigenvalue weighted by Gasteiger charge is -2.31. The van der Waals surface area contributed by atoms with Crippen molar-refractivity contribution in [2.24, 2.45) is 0 Å². The van der Waals surface area contributed by atoms with Crippen molar-refractivity contribution in [3.8, 4) is 0 Å². The average Bonchev–Trinajstić information content (AvgIpc) is 3.35. The van der Waals surface area contributed by atoms with Crippen LogP contribution in [-0.4, -0.2) is 72.6 Å². The molecule has 9 heteroatoms. The molecule has 28 heavy (non-hydrogen) atoms. The van der Waals surface area contributed by atoms with Gasteiger partial charge in [0.15, 0.2) is 5.79 Å². The SMILES string of the molecule is O=C(NC[C@H]1COC2(CCOCC2)O1)[C@H]1CSCN1C(=O)c1ccc(Cl)cc1. The normalized spacial score (nSPS) is 26.5. The fourth-order valence-electron chi connectivity index (χ4n) is 3.61. The number of carbonyl (C=O) groups is 2. The molecule has 3 heterocycles. The molecule has 3 saturated heterocycles. The predicted molar refractivity (Wildman–Crippen MR) is 105 cm³/mol. The maximum Gasteiger partial charge on any atom is 0.255 e. The van der Waals surface area contributed by atoms with Crippen LogP contribution >= 0.6 is 23.4 Å². The summed E-state index contributed by atoms with van der Waals surface area (Å²) < 4.78 is 17.2. The van der Waals surface area contributed by atoms with E-state index in [1.54, 1.807) is 40.9 Å². The number of amides is 2. The number of ether oxygens (including phenoxy) is 3. The third-order valence-corrected chi connectivity index (χ3v) is 6.47. The zero-order chi connectivity index (χ0) is 19.6. The first-order chi connectivity index (χ1) is 13.6. The first-order valence-corrected chi connectivity index (χ1v) is 10.9. The molecular weight excluding hydrogens is 404 g/mol. The molecule has 0 bridgehead atoms. The van der Waals surface area contributed by atoms with E-state index >= 15 is 0 Å².